The number of benzene rings is 10. The van der Waals surface area contributed by atoms with E-state index < -0.39 is 22.8 Å². The number of likely N-dealkylation sites (tertiary alicyclic amines) is 2. The second kappa shape index (κ2) is 60.6. The maximum absolute atomic E-state index is 13.8. The van der Waals surface area contributed by atoms with Crippen molar-refractivity contribution in [3.8, 4) is 0 Å². The first-order valence-electron chi connectivity index (χ1n) is 45.2. The van der Waals surface area contributed by atoms with Gasteiger partial charge in [0, 0.05) is 144 Å². The average molecular weight is 2570 g/mol. The van der Waals surface area contributed by atoms with Crippen molar-refractivity contribution in [2.75, 3.05) is 158 Å². The van der Waals surface area contributed by atoms with Gasteiger partial charge in [0.15, 0.2) is 0 Å². The number of amides is 5. The van der Waals surface area contributed by atoms with Gasteiger partial charge in [-0.2, -0.15) is 0 Å². The van der Waals surface area contributed by atoms with E-state index in [0.717, 1.165) is 133 Å². The molecule has 1 unspecified atom stereocenters. The van der Waals surface area contributed by atoms with Crippen LogP contribution in [0.25, 0.3) is 0 Å². The Kier molecular flexibility index (Phi) is 50.6. The van der Waals surface area contributed by atoms with Crippen molar-refractivity contribution >= 4 is 249 Å². The normalized spacial score (nSPS) is 12.6. The number of halogens is 9. The molecular weight excluding hydrogens is 2450 g/mol. The molecule has 5 amide bonds. The van der Waals surface area contributed by atoms with Gasteiger partial charge in [0.2, 0.25) is 0 Å². The second-order valence-corrected chi connectivity index (χ2v) is 41.1. The highest BCUT2D eigenvalue weighted by Gasteiger charge is 2.24. The van der Waals surface area contributed by atoms with Crippen LogP contribution in [0.4, 0.5) is 67.0 Å². The SMILES string of the molecule is CCN(CC)CC(O)CNC(=O)c1cc(Cl)ccc1Nc1ccc(I)cc1C.Cc1cc(I)ccc1Nc1ccc(Br)cc1C(=O)NCCCN1CCCCC1.Cc1cc(I)ccc1Nc1ccc(Br)cc1C(=O)NCCCO.Cc1cc(I)ccc1Nc1ccc(F)cc1C(=O)NCCN1CCCCC1.Cc1cc(I)ccc1Nc1ccc([N+](=O)[O-])cc1C(=O)NCCN(CCO)CCO. The topological polar surface area (TPSA) is 343 Å². The standard InChI is InChI=1S/C22H27BrIN3O.C21H27ClIN3O2.C21H25FIN3O.C20H25IN4O5.C17H18BrIN2O2/c1-16-14-18(24)7-9-20(16)26-21-8-6-17(23)15-19(21)22(28)25-10-5-13-27-11-3-2-4-12-27;1-4-26(5-2)13-17(27)12-24-21(28)18-11-15(22)6-8-20(18)25-19-9-7-16(23)10-14(19)3;1-15-13-17(23)6-8-19(15)25-20-7-5-16(22)14-18(20)21(27)24-9-12-26-10-3-2-4-11-26;1-14-12-15(21)2-4-18(14)23-19-5-3-16(25(29)30)13-17(19)20(28)22-6-7-24(8-10-26)9-11-27;1-11-9-13(19)4-6-15(11)21-16-5-3-12(18)10-14(16)17(23)20-7-2-8-22/h6-9,14-15,26H,2-5,10-13H2,1H3,(H,25,28);6-11,17,25,27H,4-5,12-13H2,1-3H3,(H,24,28);5-8,13-14,25H,2-4,9-12H2,1H3,(H,24,27);2-5,12-13,23,26-27H,6-11H2,1H3,(H,22,28);3-6,9-10,21-22H,2,7-8H2,1H3,(H,20,23). The first-order valence-corrected chi connectivity index (χ1v) is 52.5. The van der Waals surface area contributed by atoms with Crippen LogP contribution in [-0.2, 0) is 0 Å². The summed E-state index contributed by atoms with van der Waals surface area (Å²) in [6.45, 7) is 26.2. The lowest BCUT2D eigenvalue weighted by atomic mass is 10.1. The van der Waals surface area contributed by atoms with Crippen LogP contribution in [0, 0.1) is 68.4 Å². The van der Waals surface area contributed by atoms with E-state index in [2.05, 4.69) is 256 Å². The summed E-state index contributed by atoms with van der Waals surface area (Å²) < 4.78 is 21.3. The number of likely N-dealkylation sites (N-methyl/N-ethyl adjacent to an activating group) is 1. The molecule has 2 heterocycles. The number of nitrogens with one attached hydrogen (secondary N) is 10. The van der Waals surface area contributed by atoms with Crippen LogP contribution in [0.15, 0.2) is 191 Å². The summed E-state index contributed by atoms with van der Waals surface area (Å²) in [5.74, 6) is -1.58. The molecule has 2 aliphatic rings. The number of carbonyl (C=O) groups is 5. The van der Waals surface area contributed by atoms with Gasteiger partial charge in [-0.15, -0.1) is 0 Å². The number of hydrogen-bond acceptors (Lipinski definition) is 20. The van der Waals surface area contributed by atoms with Gasteiger partial charge in [-0.3, -0.25) is 39.0 Å². The number of non-ortho nitro benzene ring substituents is 1. The van der Waals surface area contributed by atoms with Crippen molar-refractivity contribution in [1.82, 2.24) is 46.2 Å². The quantitative estimate of drug-likeness (QED) is 0.00736. The minimum absolute atomic E-state index is 0.0365. The molecule has 2 aliphatic heterocycles. The molecule has 136 heavy (non-hydrogen) atoms. The fourth-order valence-electron chi connectivity index (χ4n) is 14.7. The van der Waals surface area contributed by atoms with Gasteiger partial charge >= 0.3 is 0 Å². The Morgan fingerprint density at radius 2 is 0.750 bits per heavy atom. The number of hydrogen-bond donors (Lipinski definition) is 14. The summed E-state index contributed by atoms with van der Waals surface area (Å²) in [6.07, 6.45) is 8.60. The number of nitrogens with zero attached hydrogens (tertiary/aromatic N) is 5. The number of piperidine rings is 2. The number of aliphatic hydroxyl groups is 4. The number of aryl methyl sites for hydroxylation is 5. The lowest BCUT2D eigenvalue weighted by Gasteiger charge is -2.26. The molecule has 10 aromatic carbocycles. The van der Waals surface area contributed by atoms with E-state index in [0.29, 0.717) is 96.6 Å². The molecule has 0 spiro atoms. The van der Waals surface area contributed by atoms with Gasteiger partial charge in [-0.05, 0) is 430 Å². The van der Waals surface area contributed by atoms with Gasteiger partial charge in [0.05, 0.1) is 80.5 Å². The third kappa shape index (κ3) is 39.2. The van der Waals surface area contributed by atoms with E-state index in [1.54, 1.807) is 30.3 Å². The molecule has 2 saturated heterocycles. The van der Waals surface area contributed by atoms with Gasteiger partial charge in [0.25, 0.3) is 35.2 Å². The number of anilines is 10. The average Bonchev–Trinajstić information content (AvgIpc) is 0.819. The zero-order valence-electron chi connectivity index (χ0n) is 77.5. The Balaban J connectivity index is 0.000000209. The van der Waals surface area contributed by atoms with Crippen LogP contribution < -0.4 is 53.2 Å². The molecule has 0 radical (unpaired) electrons. The summed E-state index contributed by atoms with van der Waals surface area (Å²) in [4.78, 5) is 82.8. The Bertz CT molecular complexity index is 5610. The molecular formula is C101H122Br2ClFI5N15O11. The molecule has 0 bridgehead atoms. The Morgan fingerprint density at radius 1 is 0.412 bits per heavy atom. The van der Waals surface area contributed by atoms with Gasteiger partial charge in [-0.25, -0.2) is 4.39 Å². The lowest BCUT2D eigenvalue weighted by molar-refractivity contribution is -0.384. The monoisotopic (exact) mass is 2570 g/mol. The summed E-state index contributed by atoms with van der Waals surface area (Å²) in [5.41, 5.74) is 15.3. The van der Waals surface area contributed by atoms with Crippen molar-refractivity contribution in [1.29, 1.82) is 0 Å². The van der Waals surface area contributed by atoms with Crippen LogP contribution in [0.5, 0.6) is 0 Å². The van der Waals surface area contributed by atoms with E-state index in [9.17, 15) is 43.6 Å². The molecule has 12 rings (SSSR count). The van der Waals surface area contributed by atoms with Crippen molar-refractivity contribution in [3.05, 3.63) is 285 Å². The first kappa shape index (κ1) is 114. The highest BCUT2D eigenvalue weighted by Crippen LogP contribution is 2.34. The largest absolute Gasteiger partial charge is 0.396 e. The zero-order valence-corrected chi connectivity index (χ0v) is 92.2. The third-order valence-electron chi connectivity index (χ3n) is 22.2. The van der Waals surface area contributed by atoms with Crippen LogP contribution in [0.2, 0.25) is 5.02 Å². The smallest absolute Gasteiger partial charge is 0.270 e. The van der Waals surface area contributed by atoms with Crippen molar-refractivity contribution in [2.24, 2.45) is 0 Å². The fraction of sp³-hybridized carbons (Fsp3) is 0.356. The van der Waals surface area contributed by atoms with Crippen molar-refractivity contribution in [2.45, 2.75) is 106 Å². The molecule has 10 aromatic rings. The van der Waals surface area contributed by atoms with Crippen molar-refractivity contribution < 1.29 is 53.7 Å². The lowest BCUT2D eigenvalue weighted by Crippen LogP contribution is -2.40. The molecule has 0 aliphatic carbocycles. The van der Waals surface area contributed by atoms with E-state index >= 15 is 0 Å². The Labute approximate surface area is 888 Å². The number of aliphatic hydroxyl groups excluding tert-OH is 4. The third-order valence-corrected chi connectivity index (χ3v) is 26.8. The molecule has 0 saturated carbocycles. The minimum Gasteiger partial charge on any atom is -0.396 e. The number of carbonyl (C=O) groups excluding carboxylic acids is 5. The maximum Gasteiger partial charge on any atom is 0.270 e. The predicted octanol–water partition coefficient (Wildman–Crippen LogP) is 21.3. The second-order valence-electron chi connectivity index (χ2n) is 32.6. The van der Waals surface area contributed by atoms with Crippen LogP contribution in [-0.4, -0.2) is 212 Å². The molecule has 0 aromatic heterocycles. The first-order chi connectivity index (χ1) is 65.2. The molecule has 2 fully saturated rings. The van der Waals surface area contributed by atoms with E-state index in [4.69, 9.17) is 26.9 Å². The van der Waals surface area contributed by atoms with Crippen LogP contribution in [0.3, 0.4) is 0 Å². The summed E-state index contributed by atoms with van der Waals surface area (Å²) in [5, 5.41) is 79.8. The number of nitro benzene ring substituents is 1. The zero-order chi connectivity index (χ0) is 98.8. The summed E-state index contributed by atoms with van der Waals surface area (Å²) in [6, 6.07) is 55.2. The molecule has 35 heteroatoms. The van der Waals surface area contributed by atoms with E-state index in [-0.39, 0.29) is 67.8 Å². The fourth-order valence-corrected chi connectivity index (χ4v) is 18.8. The van der Waals surface area contributed by atoms with Crippen LogP contribution in [0.1, 0.15) is 145 Å². The van der Waals surface area contributed by atoms with E-state index in [1.807, 2.05) is 131 Å². The maximum atomic E-state index is 13.8. The number of rotatable bonds is 39. The van der Waals surface area contributed by atoms with Crippen molar-refractivity contribution in [3.63, 3.8) is 0 Å². The summed E-state index contributed by atoms with van der Waals surface area (Å²) >= 11 is 24.3. The molecule has 26 nitrogen and oxygen atoms in total. The van der Waals surface area contributed by atoms with Gasteiger partial charge in [0.1, 0.15) is 5.82 Å². The highest BCUT2D eigenvalue weighted by molar-refractivity contribution is 14.1. The Hall–Kier alpha value is -7.54. The summed E-state index contributed by atoms with van der Waals surface area (Å²) in [7, 11) is 0. The molecule has 730 valence electrons. The van der Waals surface area contributed by atoms with Crippen LogP contribution >= 0.6 is 156 Å². The molecule has 1 atom stereocenters. The predicted molar refractivity (Wildman–Crippen MR) is 598 cm³/mol. The van der Waals surface area contributed by atoms with Gasteiger partial charge in [-0.1, -0.05) is 70.1 Å². The molecule has 14 N–H and O–H groups in total. The minimum atomic E-state index is -0.627. The van der Waals surface area contributed by atoms with Gasteiger partial charge < -0.3 is 88.3 Å². The highest BCUT2D eigenvalue weighted by atomic mass is 127. The Morgan fingerprint density at radius 3 is 1.14 bits per heavy atom. The van der Waals surface area contributed by atoms with E-state index in [1.165, 1.54) is 89.1 Å². The number of nitro groups is 1.